The maximum atomic E-state index is 2.37. The number of allylic oxidation sites excluding steroid dienone is 4. The highest BCUT2D eigenvalue weighted by Crippen LogP contribution is 2.36. The third kappa shape index (κ3) is 8.31. The normalized spacial score (nSPS) is 12.3. The van der Waals surface area contributed by atoms with Gasteiger partial charge in [-0.3, -0.25) is 0 Å². The zero-order chi connectivity index (χ0) is 33.0. The molecule has 6 rings (SSSR count). The lowest BCUT2D eigenvalue weighted by Crippen LogP contribution is -1.87. The lowest BCUT2D eigenvalue weighted by atomic mass is 9.91. The molecule has 0 aromatic heterocycles. The molecule has 0 heteroatoms. The van der Waals surface area contributed by atoms with Crippen LogP contribution in [0.1, 0.15) is 85.8 Å². The molecule has 6 aromatic carbocycles. The van der Waals surface area contributed by atoms with E-state index in [1.165, 1.54) is 117 Å². The Kier molecular flexibility index (Phi) is 11.5. The number of hydrogen-bond acceptors (Lipinski definition) is 0. The summed E-state index contributed by atoms with van der Waals surface area (Å²) in [5.41, 5.74) is 7.81. The molecule has 0 unspecified atom stereocenters. The summed E-state index contributed by atoms with van der Waals surface area (Å²) in [6, 6.07) is 40.4. The van der Waals surface area contributed by atoms with Crippen LogP contribution in [0.5, 0.6) is 0 Å². The third-order valence-corrected chi connectivity index (χ3v) is 9.39. The summed E-state index contributed by atoms with van der Waals surface area (Å²) in [7, 11) is 0. The van der Waals surface area contributed by atoms with Gasteiger partial charge in [0.05, 0.1) is 0 Å². The van der Waals surface area contributed by atoms with Crippen molar-refractivity contribution in [2.45, 2.75) is 65.2 Å². The van der Waals surface area contributed by atoms with Crippen LogP contribution >= 0.6 is 0 Å². The first kappa shape index (κ1) is 33.0. The van der Waals surface area contributed by atoms with Crippen molar-refractivity contribution < 1.29 is 0 Å². The zero-order valence-electron chi connectivity index (χ0n) is 28.7. The smallest absolute Gasteiger partial charge is 0.00926 e. The van der Waals surface area contributed by atoms with Crippen LogP contribution in [-0.4, -0.2) is 0 Å². The van der Waals surface area contributed by atoms with Crippen molar-refractivity contribution in [2.24, 2.45) is 0 Å². The van der Waals surface area contributed by atoms with Gasteiger partial charge in [0, 0.05) is 0 Å². The second kappa shape index (κ2) is 16.8. The number of fused-ring (bicyclic) bond motifs is 5. The van der Waals surface area contributed by atoms with Crippen molar-refractivity contribution in [3.8, 4) is 0 Å². The molecule has 0 amide bonds. The van der Waals surface area contributed by atoms with E-state index in [9.17, 15) is 0 Å². The SMILES string of the molecule is CCCCCc1ccc(C=CC=Cc2cc3c4ccccc4c(C=CC=Cc4ccc(CCCCC)cc4)cc3c3ccccc23)cc1. The molecule has 0 aliphatic heterocycles. The van der Waals surface area contributed by atoms with Crippen molar-refractivity contribution in [1.29, 1.82) is 0 Å². The van der Waals surface area contributed by atoms with Gasteiger partial charge in [0.25, 0.3) is 0 Å². The van der Waals surface area contributed by atoms with Crippen LogP contribution in [0, 0.1) is 0 Å². The summed E-state index contributed by atoms with van der Waals surface area (Å²) in [4.78, 5) is 0. The number of rotatable bonds is 14. The zero-order valence-corrected chi connectivity index (χ0v) is 28.7. The van der Waals surface area contributed by atoms with Gasteiger partial charge in [-0.1, -0.05) is 185 Å². The van der Waals surface area contributed by atoms with Crippen LogP contribution in [0.4, 0.5) is 0 Å². The molecule has 0 heterocycles. The first-order chi connectivity index (χ1) is 23.7. The Hall–Kier alpha value is -4.94. The summed E-state index contributed by atoms with van der Waals surface area (Å²) < 4.78 is 0. The van der Waals surface area contributed by atoms with E-state index in [0.717, 1.165) is 0 Å². The van der Waals surface area contributed by atoms with Gasteiger partial charge in [-0.2, -0.15) is 0 Å². The molecule has 0 atom stereocenters. The fourth-order valence-electron chi connectivity index (χ4n) is 6.68. The second-order valence-corrected chi connectivity index (χ2v) is 13.0. The van der Waals surface area contributed by atoms with Crippen LogP contribution in [0.15, 0.2) is 133 Å². The number of benzene rings is 6. The van der Waals surface area contributed by atoms with Crippen molar-refractivity contribution in [1.82, 2.24) is 0 Å². The van der Waals surface area contributed by atoms with Gasteiger partial charge >= 0.3 is 0 Å². The van der Waals surface area contributed by atoms with E-state index < -0.39 is 0 Å². The summed E-state index contributed by atoms with van der Waals surface area (Å²) in [5, 5.41) is 7.69. The Labute approximate surface area is 287 Å². The van der Waals surface area contributed by atoms with Gasteiger partial charge in [0.1, 0.15) is 0 Å². The highest BCUT2D eigenvalue weighted by atomic mass is 14.1. The molecule has 240 valence electrons. The average molecular weight is 625 g/mol. The maximum Gasteiger partial charge on any atom is -0.00926 e. The molecule has 0 bridgehead atoms. The Morgan fingerprint density at radius 1 is 0.375 bits per heavy atom. The summed E-state index contributed by atoms with van der Waals surface area (Å²) >= 11 is 0. The molecule has 0 saturated heterocycles. The Morgan fingerprint density at radius 2 is 0.750 bits per heavy atom. The minimum atomic E-state index is 1.17. The monoisotopic (exact) mass is 624 g/mol. The molecule has 0 saturated carbocycles. The minimum Gasteiger partial charge on any atom is -0.0654 e. The van der Waals surface area contributed by atoms with Gasteiger partial charge in [0.2, 0.25) is 0 Å². The van der Waals surface area contributed by atoms with E-state index in [4.69, 9.17) is 0 Å². The van der Waals surface area contributed by atoms with Crippen molar-refractivity contribution in [3.05, 3.63) is 167 Å². The molecule has 0 nitrogen and oxygen atoms in total. The van der Waals surface area contributed by atoms with Crippen LogP contribution in [0.2, 0.25) is 0 Å². The predicted molar refractivity (Wildman–Crippen MR) is 214 cm³/mol. The molecular weight excluding hydrogens is 577 g/mol. The van der Waals surface area contributed by atoms with E-state index in [2.05, 4.69) is 172 Å². The Balaban J connectivity index is 1.25. The molecular formula is C48H48. The van der Waals surface area contributed by atoms with Gasteiger partial charge in [-0.25, -0.2) is 0 Å². The second-order valence-electron chi connectivity index (χ2n) is 13.0. The molecule has 0 N–H and O–H groups in total. The predicted octanol–water partition coefficient (Wildman–Crippen LogP) is 14.1. The van der Waals surface area contributed by atoms with Gasteiger partial charge in [0.15, 0.2) is 0 Å². The Morgan fingerprint density at radius 3 is 1.15 bits per heavy atom. The van der Waals surface area contributed by atoms with Crippen molar-refractivity contribution >= 4 is 56.6 Å². The molecule has 0 aliphatic rings. The van der Waals surface area contributed by atoms with E-state index in [0.29, 0.717) is 0 Å². The van der Waals surface area contributed by atoms with Gasteiger partial charge in [-0.15, -0.1) is 0 Å². The fraction of sp³-hybridized carbons (Fsp3) is 0.208. The van der Waals surface area contributed by atoms with Crippen molar-refractivity contribution in [3.63, 3.8) is 0 Å². The third-order valence-electron chi connectivity index (χ3n) is 9.39. The molecule has 48 heavy (non-hydrogen) atoms. The van der Waals surface area contributed by atoms with Crippen LogP contribution in [-0.2, 0) is 12.8 Å². The molecule has 6 aromatic rings. The summed E-state index contributed by atoms with van der Waals surface area (Å²) in [5.74, 6) is 0. The Bertz CT molecular complexity index is 1910. The molecule has 0 fully saturated rings. The maximum absolute atomic E-state index is 2.37. The van der Waals surface area contributed by atoms with Gasteiger partial charge < -0.3 is 0 Å². The molecule has 0 spiro atoms. The van der Waals surface area contributed by atoms with Crippen LogP contribution in [0.3, 0.4) is 0 Å². The number of hydrogen-bond donors (Lipinski definition) is 0. The molecule has 0 aliphatic carbocycles. The summed E-state index contributed by atoms with van der Waals surface area (Å²) in [6.45, 7) is 4.52. The largest absolute Gasteiger partial charge is 0.0654 e. The highest BCUT2D eigenvalue weighted by Gasteiger charge is 2.10. The van der Waals surface area contributed by atoms with Gasteiger partial charge in [-0.05, 0) is 104 Å². The van der Waals surface area contributed by atoms with E-state index in [1.54, 1.807) is 0 Å². The van der Waals surface area contributed by atoms with Crippen molar-refractivity contribution in [2.75, 3.05) is 0 Å². The summed E-state index contributed by atoms with van der Waals surface area (Å²) in [6.07, 6.45) is 27.6. The fourth-order valence-corrected chi connectivity index (χ4v) is 6.68. The number of unbranched alkanes of at least 4 members (excludes halogenated alkanes) is 4. The van der Waals surface area contributed by atoms with Crippen LogP contribution in [0.25, 0.3) is 56.6 Å². The lowest BCUT2D eigenvalue weighted by Gasteiger charge is -2.13. The van der Waals surface area contributed by atoms with E-state index >= 15 is 0 Å². The number of aryl methyl sites for hydroxylation is 2. The standard InChI is InChI=1S/C48H48/c1-3-5-7-17-37-27-31-39(32-28-37)19-9-11-21-41-35-47-46-26-16-14-24-44(46)42(36-48(47)45-25-15-13-23-43(41)45)22-12-10-20-40-33-29-38(30-34-40)18-8-6-4-2/h9-16,19-36H,3-8,17-18H2,1-2H3. The van der Waals surface area contributed by atoms with E-state index in [-0.39, 0.29) is 0 Å². The van der Waals surface area contributed by atoms with E-state index in [1.807, 2.05) is 0 Å². The molecule has 0 radical (unpaired) electrons. The van der Waals surface area contributed by atoms with Crippen LogP contribution < -0.4 is 0 Å². The quantitative estimate of drug-likeness (QED) is 0.0642. The first-order valence-corrected chi connectivity index (χ1v) is 18.0. The average Bonchev–Trinajstić information content (AvgIpc) is 3.13. The topological polar surface area (TPSA) is 0 Å². The minimum absolute atomic E-state index is 1.17. The first-order valence-electron chi connectivity index (χ1n) is 18.0. The highest BCUT2D eigenvalue weighted by molar-refractivity contribution is 6.20. The lowest BCUT2D eigenvalue weighted by molar-refractivity contribution is 0.717.